The second kappa shape index (κ2) is 19.8. The molecule has 0 bridgehead atoms. The lowest BCUT2D eigenvalue weighted by Gasteiger charge is -2.07. The zero-order valence-corrected chi connectivity index (χ0v) is 19.4. The summed E-state index contributed by atoms with van der Waals surface area (Å²) < 4.78 is 10.4. The molecule has 0 radical (unpaired) electrons. The van der Waals surface area contributed by atoms with Crippen molar-refractivity contribution in [1.29, 1.82) is 0 Å². The maximum absolute atomic E-state index is 5.87. The molecule has 0 amide bonds. The highest BCUT2D eigenvalue weighted by Gasteiger charge is 2.23. The molecular weight excluding hydrogens is 395 g/mol. The van der Waals surface area contributed by atoms with Crippen LogP contribution in [0, 0.1) is 0 Å². The molecule has 0 rings (SSSR count). The lowest BCUT2D eigenvalue weighted by atomic mass is 10.0. The van der Waals surface area contributed by atoms with Crippen LogP contribution in [0.25, 0.3) is 0 Å². The molecule has 152 valence electrons. The average molecular weight is 434 g/mol. The van der Waals surface area contributed by atoms with Crippen LogP contribution < -0.4 is 0 Å². The van der Waals surface area contributed by atoms with E-state index < -0.39 is 6.00 Å². The summed E-state index contributed by atoms with van der Waals surface area (Å²) in [5.41, 5.74) is 0. The summed E-state index contributed by atoms with van der Waals surface area (Å²) in [7, 11) is 1.71. The fourth-order valence-corrected chi connectivity index (χ4v) is 4.75. The smallest absolute Gasteiger partial charge is 0.341 e. The first-order valence-electron chi connectivity index (χ1n) is 10.2. The predicted octanol–water partition coefficient (Wildman–Crippen LogP) is 7.77. The van der Waals surface area contributed by atoms with Crippen LogP contribution in [0.2, 0.25) is 6.04 Å². The maximum atomic E-state index is 5.87. The highest BCUT2D eigenvalue weighted by Crippen LogP contribution is 2.27. The van der Waals surface area contributed by atoms with E-state index in [2.05, 4.69) is 0 Å². The van der Waals surface area contributed by atoms with Crippen LogP contribution in [0.15, 0.2) is 0 Å². The van der Waals surface area contributed by atoms with Crippen molar-refractivity contribution < 1.29 is 9.47 Å². The quantitative estimate of drug-likeness (QED) is 0.111. The van der Waals surface area contributed by atoms with Gasteiger partial charge in [-0.3, -0.25) is 0 Å². The van der Waals surface area contributed by atoms with E-state index in [0.717, 1.165) is 25.7 Å². The van der Waals surface area contributed by atoms with Crippen LogP contribution in [0.5, 0.6) is 0 Å². The van der Waals surface area contributed by atoms with Gasteiger partial charge >= 0.3 is 6.00 Å². The molecule has 2 nitrogen and oxygen atoms in total. The highest BCUT2D eigenvalue weighted by molar-refractivity contribution is 7.64. The van der Waals surface area contributed by atoms with Gasteiger partial charge in [0.25, 0.3) is 0 Å². The molecule has 0 saturated heterocycles. The van der Waals surface area contributed by atoms with E-state index in [1.807, 2.05) is 0 Å². The van der Waals surface area contributed by atoms with Gasteiger partial charge in [0.2, 0.25) is 0 Å². The van der Waals surface area contributed by atoms with Crippen LogP contribution in [-0.4, -0.2) is 32.9 Å². The molecule has 0 aliphatic rings. The van der Waals surface area contributed by atoms with Crippen molar-refractivity contribution in [3.63, 3.8) is 0 Å². The Balaban J connectivity index is 3.01. The van der Waals surface area contributed by atoms with E-state index in [-0.39, 0.29) is 0 Å². The van der Waals surface area contributed by atoms with Gasteiger partial charge in [-0.15, -0.1) is 33.2 Å². The fourth-order valence-electron chi connectivity index (χ4n) is 2.90. The number of rotatable bonds is 20. The van der Waals surface area contributed by atoms with Crippen molar-refractivity contribution in [3.8, 4) is 0 Å². The summed E-state index contributed by atoms with van der Waals surface area (Å²) in [5, 5.41) is 0. The molecule has 0 fully saturated rings. The molecule has 0 saturated carbocycles. The second-order valence-electron chi connectivity index (χ2n) is 6.92. The lowest BCUT2D eigenvalue weighted by molar-refractivity contribution is 0.0685. The molecule has 0 aromatic heterocycles. The Morgan fingerprint density at radius 1 is 0.520 bits per heavy atom. The third kappa shape index (κ3) is 25.0. The molecule has 6 heteroatoms. The minimum Gasteiger partial charge on any atom is -0.382 e. The first-order chi connectivity index (χ1) is 12.1. The minimum atomic E-state index is -2.36. The number of hydrogen-bond donors (Lipinski definition) is 0. The number of halogens is 3. The van der Waals surface area contributed by atoms with E-state index in [0.29, 0.717) is 6.61 Å². The Kier molecular flexibility index (Phi) is 20.6. The summed E-state index contributed by atoms with van der Waals surface area (Å²) in [5.74, 6) is 0. The SMILES string of the molecule is COCCOCCCCCCCCCCCCCCCC[Si](Cl)(Cl)Cl. The monoisotopic (exact) mass is 432 g/mol. The summed E-state index contributed by atoms with van der Waals surface area (Å²) in [6.07, 6.45) is 18.5. The van der Waals surface area contributed by atoms with Gasteiger partial charge in [0, 0.05) is 13.7 Å². The van der Waals surface area contributed by atoms with Crippen LogP contribution in [0.4, 0.5) is 0 Å². The third-order valence-corrected chi connectivity index (χ3v) is 7.05. The third-order valence-electron chi connectivity index (χ3n) is 4.43. The maximum Gasteiger partial charge on any atom is 0.341 e. The molecule has 0 spiro atoms. The molecule has 0 atom stereocenters. The van der Waals surface area contributed by atoms with Gasteiger partial charge in [0.1, 0.15) is 0 Å². The molecule has 0 aromatic carbocycles. The molecule has 0 aliphatic heterocycles. The highest BCUT2D eigenvalue weighted by atomic mass is 35.8. The van der Waals surface area contributed by atoms with Crippen LogP contribution in [-0.2, 0) is 9.47 Å². The van der Waals surface area contributed by atoms with E-state index in [9.17, 15) is 0 Å². The lowest BCUT2D eigenvalue weighted by Crippen LogP contribution is -2.07. The summed E-state index contributed by atoms with van der Waals surface area (Å²) in [6, 6.07) is -1.55. The zero-order valence-electron chi connectivity index (χ0n) is 16.2. The molecule has 0 unspecified atom stereocenters. The van der Waals surface area contributed by atoms with Gasteiger partial charge < -0.3 is 9.47 Å². The molecule has 0 aromatic rings. The van der Waals surface area contributed by atoms with Crippen molar-refractivity contribution in [1.82, 2.24) is 0 Å². The van der Waals surface area contributed by atoms with E-state index >= 15 is 0 Å². The average Bonchev–Trinajstić information content (AvgIpc) is 2.56. The first kappa shape index (κ1) is 26.0. The van der Waals surface area contributed by atoms with Gasteiger partial charge in [-0.25, -0.2) is 0 Å². The Morgan fingerprint density at radius 3 is 1.32 bits per heavy atom. The summed E-state index contributed by atoms with van der Waals surface area (Å²) in [4.78, 5) is 0. The second-order valence-corrected chi connectivity index (χ2v) is 16.2. The largest absolute Gasteiger partial charge is 0.382 e. The van der Waals surface area contributed by atoms with Crippen molar-refractivity contribution in [3.05, 3.63) is 0 Å². The summed E-state index contributed by atoms with van der Waals surface area (Å²) >= 11 is 17.6. The molecule has 0 N–H and O–H groups in total. The normalized spacial score (nSPS) is 12.0. The zero-order chi connectivity index (χ0) is 18.6. The Bertz CT molecular complexity index is 264. The Morgan fingerprint density at radius 2 is 0.920 bits per heavy atom. The van der Waals surface area contributed by atoms with E-state index in [1.165, 1.54) is 83.5 Å². The Labute approximate surface area is 171 Å². The number of unbranched alkanes of at least 4 members (excludes halogenated alkanes) is 13. The van der Waals surface area contributed by atoms with Gasteiger partial charge in [-0.05, 0) is 12.5 Å². The minimum absolute atomic E-state index is 0.706. The van der Waals surface area contributed by atoms with Crippen molar-refractivity contribution in [2.24, 2.45) is 0 Å². The molecular formula is C19H39Cl3O2Si. The van der Waals surface area contributed by atoms with Crippen LogP contribution in [0.3, 0.4) is 0 Å². The van der Waals surface area contributed by atoms with Gasteiger partial charge in [-0.2, -0.15) is 0 Å². The standard InChI is InChI=1S/C19H39Cl3O2Si/c1-23-17-18-24-16-14-12-10-8-6-4-2-3-5-7-9-11-13-15-19-25(20,21)22/h2-19H2,1H3. The van der Waals surface area contributed by atoms with Crippen LogP contribution >= 0.6 is 33.2 Å². The first-order valence-corrected chi connectivity index (χ1v) is 15.4. The van der Waals surface area contributed by atoms with Crippen LogP contribution in [0.1, 0.15) is 89.9 Å². The van der Waals surface area contributed by atoms with E-state index in [1.54, 1.807) is 7.11 Å². The van der Waals surface area contributed by atoms with Gasteiger partial charge in [0.05, 0.1) is 13.2 Å². The number of hydrogen-bond acceptors (Lipinski definition) is 2. The fraction of sp³-hybridized carbons (Fsp3) is 1.00. The molecule has 0 aliphatic carbocycles. The summed E-state index contributed by atoms with van der Waals surface area (Å²) in [6.45, 7) is 2.32. The van der Waals surface area contributed by atoms with E-state index in [4.69, 9.17) is 42.7 Å². The topological polar surface area (TPSA) is 18.5 Å². The Hall–Kier alpha value is 1.01. The molecule has 0 heterocycles. The van der Waals surface area contributed by atoms with Crippen molar-refractivity contribution >= 4 is 39.2 Å². The van der Waals surface area contributed by atoms with Gasteiger partial charge in [0.15, 0.2) is 0 Å². The molecule has 25 heavy (non-hydrogen) atoms. The van der Waals surface area contributed by atoms with Crippen molar-refractivity contribution in [2.75, 3.05) is 26.9 Å². The van der Waals surface area contributed by atoms with Gasteiger partial charge in [-0.1, -0.05) is 83.5 Å². The van der Waals surface area contributed by atoms with Crippen molar-refractivity contribution in [2.45, 2.75) is 95.9 Å². The number of methoxy groups -OCH3 is 1. The number of ether oxygens (including phenoxy) is 2. The predicted molar refractivity (Wildman–Crippen MR) is 115 cm³/mol.